The molecule has 19 heavy (non-hydrogen) atoms. The van der Waals surface area contributed by atoms with E-state index in [-0.39, 0.29) is 10.9 Å². The van der Waals surface area contributed by atoms with E-state index in [0.29, 0.717) is 6.54 Å². The Balaban J connectivity index is 2.47. The molecule has 1 unspecified atom stereocenters. The van der Waals surface area contributed by atoms with Crippen molar-refractivity contribution in [3.05, 3.63) is 24.3 Å². The van der Waals surface area contributed by atoms with Gasteiger partial charge in [-0.1, -0.05) is 6.07 Å². The van der Waals surface area contributed by atoms with Crippen LogP contribution in [0.2, 0.25) is 0 Å². The number of hydrogen-bond acceptors (Lipinski definition) is 4. The van der Waals surface area contributed by atoms with Gasteiger partial charge in [-0.05, 0) is 38.0 Å². The van der Waals surface area contributed by atoms with Gasteiger partial charge in [0.15, 0.2) is 0 Å². The third kappa shape index (κ3) is 2.80. The molecular formula is C11H14FNO4S2. The zero-order chi connectivity index (χ0) is 14.3. The Morgan fingerprint density at radius 2 is 1.84 bits per heavy atom. The van der Waals surface area contributed by atoms with Gasteiger partial charge < -0.3 is 0 Å². The molecule has 1 heterocycles. The van der Waals surface area contributed by atoms with Crippen LogP contribution in [-0.4, -0.2) is 33.7 Å². The summed E-state index contributed by atoms with van der Waals surface area (Å²) in [5.74, 6) is 0. The van der Waals surface area contributed by atoms with Crippen LogP contribution in [0.5, 0.6) is 0 Å². The van der Waals surface area contributed by atoms with E-state index in [0.717, 1.165) is 25.0 Å². The second-order valence-electron chi connectivity index (χ2n) is 4.52. The van der Waals surface area contributed by atoms with E-state index in [1.165, 1.54) is 16.4 Å². The van der Waals surface area contributed by atoms with Crippen LogP contribution in [0.15, 0.2) is 34.1 Å². The molecule has 1 aliphatic heterocycles. The standard InChI is InChI=1S/C11H14FNO4S2/c1-9-4-3-7-13(9)19(16,17)11-6-2-5-10(8-11)18(12,14)15/h2,5-6,8-9H,3-4,7H2,1H3. The number of sulfonamides is 1. The van der Waals surface area contributed by atoms with Gasteiger partial charge in [0.2, 0.25) is 10.0 Å². The topological polar surface area (TPSA) is 71.5 Å². The van der Waals surface area contributed by atoms with Crippen molar-refractivity contribution in [2.24, 2.45) is 0 Å². The van der Waals surface area contributed by atoms with Crippen LogP contribution in [0.1, 0.15) is 19.8 Å². The lowest BCUT2D eigenvalue weighted by atomic mass is 10.3. The van der Waals surface area contributed by atoms with Crippen molar-refractivity contribution in [1.82, 2.24) is 4.31 Å². The van der Waals surface area contributed by atoms with Crippen molar-refractivity contribution in [2.75, 3.05) is 6.54 Å². The zero-order valence-corrected chi connectivity index (χ0v) is 11.9. The molecule has 1 aliphatic rings. The number of benzene rings is 1. The Kier molecular flexibility index (Phi) is 3.67. The van der Waals surface area contributed by atoms with Gasteiger partial charge in [0.05, 0.1) is 9.79 Å². The third-order valence-electron chi connectivity index (χ3n) is 3.19. The smallest absolute Gasteiger partial charge is 0.207 e. The lowest BCUT2D eigenvalue weighted by molar-refractivity contribution is 0.408. The van der Waals surface area contributed by atoms with Gasteiger partial charge in [-0.25, -0.2) is 8.42 Å². The first-order valence-corrected chi connectivity index (χ1v) is 8.62. The summed E-state index contributed by atoms with van der Waals surface area (Å²) in [6.45, 7) is 2.19. The molecule has 0 spiro atoms. The van der Waals surface area contributed by atoms with Crippen LogP contribution in [0, 0.1) is 0 Å². The summed E-state index contributed by atoms with van der Waals surface area (Å²) in [6, 6.07) is 4.25. The van der Waals surface area contributed by atoms with Crippen molar-refractivity contribution in [3.63, 3.8) is 0 Å². The molecule has 0 aliphatic carbocycles. The van der Waals surface area contributed by atoms with Gasteiger partial charge in [-0.15, -0.1) is 3.89 Å². The number of rotatable bonds is 3. The minimum absolute atomic E-state index is 0.129. The fraction of sp³-hybridized carbons (Fsp3) is 0.455. The summed E-state index contributed by atoms with van der Waals surface area (Å²) < 4.78 is 60.5. The summed E-state index contributed by atoms with van der Waals surface area (Å²) in [4.78, 5) is -0.833. The Morgan fingerprint density at radius 1 is 1.21 bits per heavy atom. The minimum atomic E-state index is -4.91. The molecule has 0 bridgehead atoms. The Bertz CT molecular complexity index is 684. The quantitative estimate of drug-likeness (QED) is 0.794. The molecule has 2 rings (SSSR count). The van der Waals surface area contributed by atoms with Crippen LogP contribution in [0.3, 0.4) is 0 Å². The lowest BCUT2D eigenvalue weighted by Crippen LogP contribution is -2.33. The van der Waals surface area contributed by atoms with Gasteiger partial charge in [-0.3, -0.25) is 0 Å². The molecule has 0 N–H and O–H groups in total. The molecule has 0 radical (unpaired) electrons. The van der Waals surface area contributed by atoms with Crippen molar-refractivity contribution in [2.45, 2.75) is 35.6 Å². The van der Waals surface area contributed by atoms with Gasteiger partial charge in [0, 0.05) is 12.6 Å². The highest BCUT2D eigenvalue weighted by atomic mass is 32.3. The molecule has 1 saturated heterocycles. The molecule has 5 nitrogen and oxygen atoms in total. The molecule has 1 aromatic rings. The van der Waals surface area contributed by atoms with E-state index in [4.69, 9.17) is 0 Å². The van der Waals surface area contributed by atoms with E-state index < -0.39 is 25.1 Å². The maximum atomic E-state index is 12.9. The Hall–Kier alpha value is -0.990. The van der Waals surface area contributed by atoms with Crippen molar-refractivity contribution < 1.29 is 20.7 Å². The van der Waals surface area contributed by atoms with E-state index in [2.05, 4.69) is 0 Å². The van der Waals surface area contributed by atoms with Crippen molar-refractivity contribution in [1.29, 1.82) is 0 Å². The van der Waals surface area contributed by atoms with Gasteiger partial charge >= 0.3 is 10.2 Å². The lowest BCUT2D eigenvalue weighted by Gasteiger charge is -2.20. The average molecular weight is 307 g/mol. The minimum Gasteiger partial charge on any atom is -0.207 e. The molecule has 0 aromatic heterocycles. The van der Waals surface area contributed by atoms with Gasteiger partial charge in [0.1, 0.15) is 0 Å². The van der Waals surface area contributed by atoms with Crippen LogP contribution < -0.4 is 0 Å². The van der Waals surface area contributed by atoms with Gasteiger partial charge in [0.25, 0.3) is 0 Å². The maximum Gasteiger partial charge on any atom is 0.332 e. The highest BCUT2D eigenvalue weighted by molar-refractivity contribution is 7.89. The summed E-state index contributed by atoms with van der Waals surface area (Å²) in [5.41, 5.74) is 0. The molecule has 0 amide bonds. The summed E-state index contributed by atoms with van der Waals surface area (Å²) in [6.07, 6.45) is 1.53. The van der Waals surface area contributed by atoms with E-state index in [1.54, 1.807) is 6.92 Å². The Morgan fingerprint density at radius 3 is 2.37 bits per heavy atom. The summed E-state index contributed by atoms with van der Waals surface area (Å²) >= 11 is 0. The molecule has 1 aromatic carbocycles. The summed E-state index contributed by atoms with van der Waals surface area (Å²) in [7, 11) is -8.67. The van der Waals surface area contributed by atoms with Crippen LogP contribution >= 0.6 is 0 Å². The van der Waals surface area contributed by atoms with E-state index >= 15 is 0 Å². The zero-order valence-electron chi connectivity index (χ0n) is 10.3. The fourth-order valence-electron chi connectivity index (χ4n) is 2.19. The predicted molar refractivity (Wildman–Crippen MR) is 67.3 cm³/mol. The first kappa shape index (κ1) is 14.4. The van der Waals surface area contributed by atoms with Crippen molar-refractivity contribution in [3.8, 4) is 0 Å². The molecule has 1 fully saturated rings. The second-order valence-corrected chi connectivity index (χ2v) is 7.76. The van der Waals surface area contributed by atoms with Crippen molar-refractivity contribution >= 4 is 20.2 Å². The monoisotopic (exact) mass is 307 g/mol. The molecular weight excluding hydrogens is 293 g/mol. The number of halogens is 1. The van der Waals surface area contributed by atoms with E-state index in [1.807, 2.05) is 0 Å². The fourth-order valence-corrected chi connectivity index (χ4v) is 4.52. The molecule has 0 saturated carbocycles. The van der Waals surface area contributed by atoms with E-state index in [9.17, 15) is 20.7 Å². The molecule has 1 atom stereocenters. The first-order chi connectivity index (χ1) is 8.73. The van der Waals surface area contributed by atoms with Crippen LogP contribution in [0.4, 0.5) is 3.89 Å². The number of nitrogens with zero attached hydrogens (tertiary/aromatic N) is 1. The highest BCUT2D eigenvalue weighted by Gasteiger charge is 2.33. The largest absolute Gasteiger partial charge is 0.332 e. The number of hydrogen-bond donors (Lipinski definition) is 0. The Labute approximate surface area is 112 Å². The van der Waals surface area contributed by atoms with Crippen LogP contribution in [0.25, 0.3) is 0 Å². The summed E-state index contributed by atoms with van der Waals surface area (Å²) in [5, 5.41) is 0. The maximum absolute atomic E-state index is 12.9. The molecule has 8 heteroatoms. The second kappa shape index (κ2) is 4.84. The average Bonchev–Trinajstić information content (AvgIpc) is 2.75. The molecule has 106 valence electrons. The SMILES string of the molecule is CC1CCCN1S(=O)(=O)c1cccc(S(=O)(=O)F)c1. The predicted octanol–water partition coefficient (Wildman–Crippen LogP) is 1.52. The third-order valence-corrected chi connectivity index (χ3v) is 6.01. The van der Waals surface area contributed by atoms with Gasteiger partial charge in [-0.2, -0.15) is 12.7 Å². The first-order valence-electron chi connectivity index (χ1n) is 5.79. The normalized spacial score (nSPS) is 21.7. The van der Waals surface area contributed by atoms with Crippen LogP contribution in [-0.2, 0) is 20.2 Å². The highest BCUT2D eigenvalue weighted by Crippen LogP contribution is 2.27.